The van der Waals surface area contributed by atoms with E-state index < -0.39 is 9.84 Å². The van der Waals surface area contributed by atoms with Crippen LogP contribution in [0.2, 0.25) is 0 Å². The zero-order chi connectivity index (χ0) is 12.5. The Labute approximate surface area is 101 Å². The Balaban J connectivity index is 1.85. The summed E-state index contributed by atoms with van der Waals surface area (Å²) < 4.78 is 27.9. The predicted octanol–water partition coefficient (Wildman–Crippen LogP) is -0.396. The van der Waals surface area contributed by atoms with E-state index in [0.29, 0.717) is 26.1 Å². The Morgan fingerprint density at radius 1 is 1.47 bits per heavy atom. The molecule has 2 amide bonds. The molecule has 6 nitrogen and oxygen atoms in total. The zero-order valence-electron chi connectivity index (χ0n) is 9.89. The fraction of sp³-hybridized carbons (Fsp3) is 0.900. The largest absolute Gasteiger partial charge is 0.375 e. The number of amides is 2. The molecule has 0 aromatic carbocycles. The van der Waals surface area contributed by atoms with Crippen molar-refractivity contribution in [1.82, 2.24) is 10.2 Å². The number of ether oxygens (including phenoxy) is 1. The van der Waals surface area contributed by atoms with Gasteiger partial charge in [-0.1, -0.05) is 0 Å². The van der Waals surface area contributed by atoms with E-state index in [4.69, 9.17) is 4.74 Å². The number of sulfone groups is 1. The third-order valence-corrected chi connectivity index (χ3v) is 4.86. The molecule has 0 aromatic rings. The van der Waals surface area contributed by atoms with Crippen molar-refractivity contribution in [2.45, 2.75) is 25.5 Å². The summed E-state index contributed by atoms with van der Waals surface area (Å²) >= 11 is 0. The molecule has 0 radical (unpaired) electrons. The highest BCUT2D eigenvalue weighted by Gasteiger charge is 2.31. The second kappa shape index (κ2) is 4.81. The SMILES string of the molecule is C[C@H]1CN(C(=O)N[C@@H]2CCS(=O)(=O)C2)CCO1. The van der Waals surface area contributed by atoms with E-state index in [1.165, 1.54) is 0 Å². The van der Waals surface area contributed by atoms with Crippen LogP contribution in [0.1, 0.15) is 13.3 Å². The summed E-state index contributed by atoms with van der Waals surface area (Å²) in [4.78, 5) is 13.6. The van der Waals surface area contributed by atoms with Gasteiger partial charge in [0.1, 0.15) is 0 Å². The van der Waals surface area contributed by atoms with E-state index in [9.17, 15) is 13.2 Å². The van der Waals surface area contributed by atoms with Crippen LogP contribution in [0.15, 0.2) is 0 Å². The highest BCUT2D eigenvalue weighted by molar-refractivity contribution is 7.91. The summed E-state index contributed by atoms with van der Waals surface area (Å²) in [5.41, 5.74) is 0. The first kappa shape index (κ1) is 12.6. The Bertz CT molecular complexity index is 395. The van der Waals surface area contributed by atoms with Crippen LogP contribution in [0.5, 0.6) is 0 Å². The van der Waals surface area contributed by atoms with Gasteiger partial charge in [-0.3, -0.25) is 0 Å². The molecule has 0 unspecified atom stereocenters. The van der Waals surface area contributed by atoms with Crippen LogP contribution in [0.25, 0.3) is 0 Å². The number of urea groups is 1. The normalized spacial score (nSPS) is 32.4. The van der Waals surface area contributed by atoms with Gasteiger partial charge < -0.3 is 15.0 Å². The zero-order valence-corrected chi connectivity index (χ0v) is 10.7. The Morgan fingerprint density at radius 3 is 2.82 bits per heavy atom. The van der Waals surface area contributed by atoms with Crippen LogP contribution in [0.3, 0.4) is 0 Å². The molecule has 2 aliphatic heterocycles. The van der Waals surface area contributed by atoms with Gasteiger partial charge >= 0.3 is 6.03 Å². The third-order valence-electron chi connectivity index (χ3n) is 3.09. The molecule has 98 valence electrons. The summed E-state index contributed by atoms with van der Waals surface area (Å²) in [5, 5.41) is 2.78. The summed E-state index contributed by atoms with van der Waals surface area (Å²) in [6, 6.07) is -0.409. The minimum Gasteiger partial charge on any atom is -0.375 e. The van der Waals surface area contributed by atoms with Crippen molar-refractivity contribution in [3.8, 4) is 0 Å². The number of morpholine rings is 1. The summed E-state index contributed by atoms with van der Waals surface area (Å²) in [6.07, 6.45) is 0.565. The number of hydrogen-bond donors (Lipinski definition) is 1. The van der Waals surface area contributed by atoms with E-state index in [0.717, 1.165) is 0 Å². The first-order valence-corrected chi connectivity index (χ1v) is 7.66. The van der Waals surface area contributed by atoms with Crippen molar-refractivity contribution in [2.75, 3.05) is 31.2 Å². The molecular weight excluding hydrogens is 244 g/mol. The molecule has 0 aliphatic carbocycles. The summed E-state index contributed by atoms with van der Waals surface area (Å²) in [5.74, 6) is 0.246. The maximum absolute atomic E-state index is 11.9. The Morgan fingerprint density at radius 2 is 2.24 bits per heavy atom. The smallest absolute Gasteiger partial charge is 0.317 e. The van der Waals surface area contributed by atoms with Crippen LogP contribution in [-0.2, 0) is 14.6 Å². The van der Waals surface area contributed by atoms with Crippen LogP contribution in [0.4, 0.5) is 4.79 Å². The van der Waals surface area contributed by atoms with Crippen LogP contribution >= 0.6 is 0 Å². The first-order valence-electron chi connectivity index (χ1n) is 5.84. The summed E-state index contributed by atoms with van der Waals surface area (Å²) in [7, 11) is -2.94. The van der Waals surface area contributed by atoms with Crippen LogP contribution in [-0.4, -0.2) is 62.7 Å². The van der Waals surface area contributed by atoms with Gasteiger partial charge in [-0.25, -0.2) is 13.2 Å². The minimum absolute atomic E-state index is 0.0433. The summed E-state index contributed by atoms with van der Waals surface area (Å²) in [6.45, 7) is 3.58. The standard InChI is InChI=1S/C10H18N2O4S/c1-8-6-12(3-4-16-8)10(13)11-9-2-5-17(14,15)7-9/h8-9H,2-7H2,1H3,(H,11,13)/t8-,9+/m0/s1. The quantitative estimate of drug-likeness (QED) is 0.698. The van der Waals surface area contributed by atoms with Crippen molar-refractivity contribution in [3.63, 3.8) is 0 Å². The van der Waals surface area contributed by atoms with Gasteiger partial charge in [-0.15, -0.1) is 0 Å². The van der Waals surface area contributed by atoms with Gasteiger partial charge in [0.2, 0.25) is 0 Å². The van der Waals surface area contributed by atoms with Gasteiger partial charge in [-0.2, -0.15) is 0 Å². The van der Waals surface area contributed by atoms with E-state index in [1.807, 2.05) is 6.92 Å². The molecule has 0 aromatic heterocycles. The topological polar surface area (TPSA) is 75.7 Å². The molecule has 2 atom stereocenters. The monoisotopic (exact) mass is 262 g/mol. The lowest BCUT2D eigenvalue weighted by atomic mass is 10.2. The van der Waals surface area contributed by atoms with Gasteiger partial charge in [-0.05, 0) is 13.3 Å². The van der Waals surface area contributed by atoms with Crippen molar-refractivity contribution in [2.24, 2.45) is 0 Å². The maximum atomic E-state index is 11.9. The number of nitrogens with one attached hydrogen (secondary N) is 1. The number of rotatable bonds is 1. The fourth-order valence-corrected chi connectivity index (χ4v) is 3.85. The Kier molecular flexibility index (Phi) is 3.58. The van der Waals surface area contributed by atoms with Crippen molar-refractivity contribution in [1.29, 1.82) is 0 Å². The van der Waals surface area contributed by atoms with Gasteiger partial charge in [0.25, 0.3) is 0 Å². The van der Waals surface area contributed by atoms with Crippen molar-refractivity contribution in [3.05, 3.63) is 0 Å². The van der Waals surface area contributed by atoms with Gasteiger partial charge in [0.15, 0.2) is 9.84 Å². The minimum atomic E-state index is -2.94. The number of carbonyl (C=O) groups is 1. The number of hydrogen-bond acceptors (Lipinski definition) is 4. The lowest BCUT2D eigenvalue weighted by Crippen LogP contribution is -2.51. The van der Waals surface area contributed by atoms with Gasteiger partial charge in [0, 0.05) is 19.1 Å². The highest BCUT2D eigenvalue weighted by Crippen LogP contribution is 2.12. The molecular formula is C10H18N2O4S. The second-order valence-corrected chi connectivity index (χ2v) is 6.91. The highest BCUT2D eigenvalue weighted by atomic mass is 32.2. The van der Waals surface area contributed by atoms with E-state index in [2.05, 4.69) is 5.32 Å². The molecule has 0 bridgehead atoms. The maximum Gasteiger partial charge on any atom is 0.317 e. The van der Waals surface area contributed by atoms with Crippen LogP contribution < -0.4 is 5.32 Å². The second-order valence-electron chi connectivity index (χ2n) is 4.68. The van der Waals surface area contributed by atoms with E-state index in [1.54, 1.807) is 4.90 Å². The van der Waals surface area contributed by atoms with Crippen molar-refractivity contribution < 1.29 is 17.9 Å². The molecule has 2 saturated heterocycles. The van der Waals surface area contributed by atoms with E-state index >= 15 is 0 Å². The lowest BCUT2D eigenvalue weighted by molar-refractivity contribution is -0.00376. The molecule has 2 heterocycles. The van der Waals surface area contributed by atoms with Crippen LogP contribution in [0, 0.1) is 0 Å². The Hall–Kier alpha value is -0.820. The number of nitrogens with zero attached hydrogens (tertiary/aromatic N) is 1. The van der Waals surface area contributed by atoms with Gasteiger partial charge in [0.05, 0.1) is 24.2 Å². The molecule has 0 saturated carbocycles. The van der Waals surface area contributed by atoms with Crippen molar-refractivity contribution >= 4 is 15.9 Å². The average Bonchev–Trinajstić information content (AvgIpc) is 2.58. The molecule has 1 N–H and O–H groups in total. The number of carbonyl (C=O) groups excluding carboxylic acids is 1. The average molecular weight is 262 g/mol. The lowest BCUT2D eigenvalue weighted by Gasteiger charge is -2.31. The third kappa shape index (κ3) is 3.32. The molecule has 7 heteroatoms. The molecule has 17 heavy (non-hydrogen) atoms. The molecule has 2 fully saturated rings. The fourth-order valence-electron chi connectivity index (χ4n) is 2.18. The first-order chi connectivity index (χ1) is 7.96. The molecule has 0 spiro atoms. The molecule has 2 aliphatic rings. The van der Waals surface area contributed by atoms with E-state index in [-0.39, 0.29) is 29.7 Å². The predicted molar refractivity (Wildman–Crippen MR) is 62.6 cm³/mol. The molecule has 2 rings (SSSR count).